The van der Waals surface area contributed by atoms with E-state index < -0.39 is 12.0 Å². The maximum atomic E-state index is 13.6. The number of allylic oxidation sites excluding steroid dienone is 1. The third-order valence-corrected chi connectivity index (χ3v) is 6.21. The van der Waals surface area contributed by atoms with Crippen molar-refractivity contribution in [2.45, 2.75) is 19.9 Å². The predicted molar refractivity (Wildman–Crippen MR) is 124 cm³/mol. The van der Waals surface area contributed by atoms with Crippen LogP contribution in [0.1, 0.15) is 31.0 Å². The monoisotopic (exact) mass is 465 g/mol. The number of esters is 1. The Morgan fingerprint density at radius 1 is 1.24 bits per heavy atom. The van der Waals surface area contributed by atoms with E-state index >= 15 is 0 Å². The van der Waals surface area contributed by atoms with Gasteiger partial charge in [0.25, 0.3) is 5.56 Å². The van der Waals surface area contributed by atoms with E-state index in [1.165, 1.54) is 23.0 Å². The molecule has 0 unspecified atom stereocenters. The molecule has 0 radical (unpaired) electrons. The van der Waals surface area contributed by atoms with Gasteiger partial charge in [-0.05, 0) is 49.8 Å². The number of thiazole rings is 1. The average molecular weight is 466 g/mol. The maximum absolute atomic E-state index is 13.6. The quantitative estimate of drug-likeness (QED) is 0.519. The molecule has 33 heavy (non-hydrogen) atoms. The molecule has 170 valence electrons. The Morgan fingerprint density at radius 3 is 2.73 bits per heavy atom. The van der Waals surface area contributed by atoms with Crippen LogP contribution in [0.15, 0.2) is 63.8 Å². The van der Waals surface area contributed by atoms with Gasteiger partial charge < -0.3 is 14.2 Å². The number of ether oxygens (including phenoxy) is 3. The van der Waals surface area contributed by atoms with Gasteiger partial charge in [0.1, 0.15) is 17.5 Å². The van der Waals surface area contributed by atoms with Crippen molar-refractivity contribution in [2.75, 3.05) is 20.8 Å². The van der Waals surface area contributed by atoms with E-state index in [1.54, 1.807) is 63.7 Å². The lowest BCUT2D eigenvalue weighted by Gasteiger charge is -2.26. The third kappa shape index (κ3) is 4.19. The van der Waals surface area contributed by atoms with Crippen LogP contribution in [-0.4, -0.2) is 36.3 Å². The van der Waals surface area contributed by atoms with Gasteiger partial charge in [0.2, 0.25) is 0 Å². The molecule has 0 bridgehead atoms. The fourth-order valence-electron chi connectivity index (χ4n) is 3.75. The van der Waals surface area contributed by atoms with Crippen molar-refractivity contribution < 1.29 is 19.0 Å². The van der Waals surface area contributed by atoms with Gasteiger partial charge in [-0.15, -0.1) is 0 Å². The summed E-state index contributed by atoms with van der Waals surface area (Å²) in [6.45, 7) is 3.67. The summed E-state index contributed by atoms with van der Waals surface area (Å²) < 4.78 is 18.3. The lowest BCUT2D eigenvalue weighted by molar-refractivity contribution is -0.139. The van der Waals surface area contributed by atoms with Crippen molar-refractivity contribution in [1.82, 2.24) is 9.55 Å². The number of hydrogen-bond acceptors (Lipinski definition) is 8. The molecule has 1 aliphatic rings. The molecule has 1 aromatic carbocycles. The second kappa shape index (κ2) is 9.41. The molecule has 0 amide bonds. The summed E-state index contributed by atoms with van der Waals surface area (Å²) in [4.78, 5) is 35.8. The number of benzene rings is 1. The highest BCUT2D eigenvalue weighted by atomic mass is 32.1. The van der Waals surface area contributed by atoms with Crippen molar-refractivity contribution in [3.8, 4) is 11.5 Å². The van der Waals surface area contributed by atoms with Crippen LogP contribution >= 0.6 is 11.3 Å². The molecule has 8 nitrogen and oxygen atoms in total. The van der Waals surface area contributed by atoms with Crippen LogP contribution in [0.5, 0.6) is 11.5 Å². The molecule has 0 saturated heterocycles. The lowest BCUT2D eigenvalue weighted by Crippen LogP contribution is -2.40. The molecule has 1 aliphatic heterocycles. The predicted octanol–water partition coefficient (Wildman–Crippen LogP) is 2.21. The summed E-state index contributed by atoms with van der Waals surface area (Å²) in [5.41, 5.74) is 1.89. The third-order valence-electron chi connectivity index (χ3n) is 5.23. The minimum atomic E-state index is -0.790. The van der Waals surface area contributed by atoms with Gasteiger partial charge >= 0.3 is 5.97 Å². The number of carbonyl (C=O) groups excluding carboxylic acids is 1. The first-order valence-electron chi connectivity index (χ1n) is 10.3. The zero-order valence-corrected chi connectivity index (χ0v) is 19.5. The van der Waals surface area contributed by atoms with Crippen molar-refractivity contribution >= 4 is 23.4 Å². The molecule has 0 fully saturated rings. The van der Waals surface area contributed by atoms with Gasteiger partial charge in [0, 0.05) is 18.0 Å². The standard InChI is InChI=1S/C24H23N3O5S/c1-5-32-23(29)20-14(2)26-24-27(21(20)17-12-16(30-3)8-9-18(17)31-4)22(28)19(33-24)11-15-7-6-10-25-13-15/h6-13,21H,5H2,1-4H3/t21-/m1/s1. The van der Waals surface area contributed by atoms with E-state index in [9.17, 15) is 9.59 Å². The van der Waals surface area contributed by atoms with Gasteiger partial charge in [-0.2, -0.15) is 0 Å². The van der Waals surface area contributed by atoms with Gasteiger partial charge in [-0.1, -0.05) is 17.4 Å². The summed E-state index contributed by atoms with van der Waals surface area (Å²) in [6, 6.07) is 8.15. The van der Waals surface area contributed by atoms with E-state index in [1.807, 2.05) is 6.07 Å². The Morgan fingerprint density at radius 2 is 2.06 bits per heavy atom. The van der Waals surface area contributed by atoms with Gasteiger partial charge in [0.05, 0.1) is 36.6 Å². The molecule has 4 rings (SSSR count). The molecule has 3 aromatic rings. The van der Waals surface area contributed by atoms with Crippen LogP contribution in [-0.2, 0) is 9.53 Å². The number of nitrogens with zero attached hydrogens (tertiary/aromatic N) is 3. The van der Waals surface area contributed by atoms with Crippen molar-refractivity contribution in [3.05, 3.63) is 84.8 Å². The van der Waals surface area contributed by atoms with E-state index in [4.69, 9.17) is 14.2 Å². The summed E-state index contributed by atoms with van der Waals surface area (Å²) in [5, 5.41) is 0. The number of fused-ring (bicyclic) bond motifs is 1. The Kier molecular flexibility index (Phi) is 6.41. The number of pyridine rings is 1. The largest absolute Gasteiger partial charge is 0.497 e. The first-order chi connectivity index (χ1) is 16.0. The molecule has 0 saturated carbocycles. The molecule has 3 heterocycles. The second-order valence-electron chi connectivity index (χ2n) is 7.20. The number of aromatic nitrogens is 2. The van der Waals surface area contributed by atoms with Crippen LogP contribution < -0.4 is 24.4 Å². The highest BCUT2D eigenvalue weighted by molar-refractivity contribution is 7.07. The summed E-state index contributed by atoms with van der Waals surface area (Å²) in [5.74, 6) is 0.551. The smallest absolute Gasteiger partial charge is 0.338 e. The Bertz CT molecular complexity index is 1410. The van der Waals surface area contributed by atoms with Gasteiger partial charge in [-0.3, -0.25) is 14.3 Å². The van der Waals surface area contributed by atoms with E-state index in [0.29, 0.717) is 32.1 Å². The molecular formula is C24H23N3O5S. The van der Waals surface area contributed by atoms with Crippen LogP contribution in [0.25, 0.3) is 6.08 Å². The number of rotatable bonds is 6. The van der Waals surface area contributed by atoms with E-state index in [0.717, 1.165) is 5.56 Å². The minimum Gasteiger partial charge on any atom is -0.497 e. The first kappa shape index (κ1) is 22.5. The fraction of sp³-hybridized carbons (Fsp3) is 0.250. The Hall–Kier alpha value is -3.72. The van der Waals surface area contributed by atoms with Crippen molar-refractivity contribution in [2.24, 2.45) is 4.99 Å². The Labute approximate surface area is 194 Å². The van der Waals surface area contributed by atoms with Gasteiger partial charge in [0.15, 0.2) is 4.80 Å². The normalized spacial score (nSPS) is 15.6. The molecule has 0 N–H and O–H groups in total. The van der Waals surface area contributed by atoms with E-state index in [-0.39, 0.29) is 17.7 Å². The zero-order chi connectivity index (χ0) is 23.5. The van der Waals surface area contributed by atoms with E-state index in [2.05, 4.69) is 9.98 Å². The van der Waals surface area contributed by atoms with Crippen molar-refractivity contribution in [1.29, 1.82) is 0 Å². The molecule has 9 heteroatoms. The first-order valence-corrected chi connectivity index (χ1v) is 11.1. The number of methoxy groups -OCH3 is 2. The molecule has 2 aromatic heterocycles. The van der Waals surface area contributed by atoms with Crippen LogP contribution in [0.3, 0.4) is 0 Å². The zero-order valence-electron chi connectivity index (χ0n) is 18.7. The molecule has 1 atom stereocenters. The molecule has 0 aliphatic carbocycles. The minimum absolute atomic E-state index is 0.197. The summed E-state index contributed by atoms with van der Waals surface area (Å²) in [7, 11) is 3.09. The van der Waals surface area contributed by atoms with Crippen LogP contribution in [0.2, 0.25) is 0 Å². The highest BCUT2D eigenvalue weighted by Crippen LogP contribution is 2.37. The summed E-state index contributed by atoms with van der Waals surface area (Å²) in [6.07, 6.45) is 5.11. The fourth-order valence-corrected chi connectivity index (χ4v) is 4.80. The summed E-state index contributed by atoms with van der Waals surface area (Å²) >= 11 is 1.25. The number of hydrogen-bond donors (Lipinski definition) is 0. The maximum Gasteiger partial charge on any atom is 0.338 e. The van der Waals surface area contributed by atoms with Crippen LogP contribution in [0, 0.1) is 0 Å². The van der Waals surface area contributed by atoms with Crippen LogP contribution in [0.4, 0.5) is 0 Å². The second-order valence-corrected chi connectivity index (χ2v) is 8.21. The average Bonchev–Trinajstić information content (AvgIpc) is 3.12. The SMILES string of the molecule is CCOC(=O)C1=C(C)N=c2sc(=Cc3cccnc3)c(=O)n2[C@@H]1c1cc(OC)ccc1OC. The molecular weight excluding hydrogens is 442 g/mol. The van der Waals surface area contributed by atoms with Crippen molar-refractivity contribution in [3.63, 3.8) is 0 Å². The number of carbonyl (C=O) groups is 1. The highest BCUT2D eigenvalue weighted by Gasteiger charge is 2.35. The molecule has 0 spiro atoms. The lowest BCUT2D eigenvalue weighted by atomic mass is 9.94. The Balaban J connectivity index is 2.02. The van der Waals surface area contributed by atoms with Gasteiger partial charge in [-0.25, -0.2) is 9.79 Å². The topological polar surface area (TPSA) is 92.0 Å².